The topological polar surface area (TPSA) is 9.23 Å². The Hall–Kier alpha value is -0.860. The Bertz CT molecular complexity index is 476. The van der Waals surface area contributed by atoms with Crippen LogP contribution in [0.3, 0.4) is 0 Å². The summed E-state index contributed by atoms with van der Waals surface area (Å²) in [5.74, 6) is 0. The highest BCUT2D eigenvalue weighted by molar-refractivity contribution is 9.09. The number of ether oxygens (including phenoxy) is 1. The van der Waals surface area contributed by atoms with Crippen LogP contribution in [0.2, 0.25) is 0 Å². The average molecular weight is 293 g/mol. The molecule has 0 radical (unpaired) electrons. The van der Waals surface area contributed by atoms with Gasteiger partial charge in [-0.1, -0.05) is 58.4 Å². The summed E-state index contributed by atoms with van der Waals surface area (Å²) in [4.78, 5) is 0.437. The molecule has 1 unspecified atom stereocenters. The van der Waals surface area contributed by atoms with E-state index < -0.39 is 0 Å². The number of hydrogen-bond acceptors (Lipinski definition) is 1. The normalized spacial score (nSPS) is 12.8. The molecule has 0 N–H and O–H groups in total. The molecule has 2 heteroatoms. The van der Waals surface area contributed by atoms with Crippen LogP contribution in [0, 0.1) is 0 Å². The van der Waals surface area contributed by atoms with E-state index >= 15 is 0 Å². The molecule has 0 bridgehead atoms. The van der Waals surface area contributed by atoms with Gasteiger partial charge in [0.15, 0.2) is 0 Å². The molecule has 0 amide bonds. The molecular weight excluding hydrogens is 276 g/mol. The van der Waals surface area contributed by atoms with E-state index in [-0.39, 0.29) is 0 Å². The number of methoxy groups -OCH3 is 1. The third-order valence-electron chi connectivity index (χ3n) is 2.95. The Morgan fingerprint density at radius 1 is 1.12 bits per heavy atom. The third kappa shape index (κ3) is 3.30. The van der Waals surface area contributed by atoms with E-state index in [0.29, 0.717) is 4.83 Å². The number of fused-ring (bicyclic) bond motifs is 1. The van der Waals surface area contributed by atoms with E-state index in [1.54, 1.807) is 7.11 Å². The molecule has 0 heterocycles. The van der Waals surface area contributed by atoms with Crippen LogP contribution < -0.4 is 0 Å². The smallest absolute Gasteiger partial charge is 0.0587 e. The van der Waals surface area contributed by atoms with Crippen molar-refractivity contribution in [1.29, 1.82) is 0 Å². The second kappa shape index (κ2) is 6.18. The Kier molecular flexibility index (Phi) is 4.57. The van der Waals surface area contributed by atoms with E-state index in [0.717, 1.165) is 19.4 Å². The molecule has 1 nitrogen and oxygen atoms in total. The van der Waals surface area contributed by atoms with Gasteiger partial charge in [0.25, 0.3) is 0 Å². The van der Waals surface area contributed by atoms with E-state index in [1.165, 1.54) is 16.3 Å². The maximum Gasteiger partial charge on any atom is 0.0587 e. The highest BCUT2D eigenvalue weighted by Crippen LogP contribution is 2.21. The summed E-state index contributed by atoms with van der Waals surface area (Å²) in [7, 11) is 1.74. The number of rotatable bonds is 5. The predicted octanol–water partition coefficient (Wildman–Crippen LogP) is 4.18. The van der Waals surface area contributed by atoms with E-state index in [4.69, 9.17) is 4.74 Å². The summed E-state index contributed by atoms with van der Waals surface area (Å²) in [5, 5.41) is 2.69. The van der Waals surface area contributed by atoms with Crippen LogP contribution in [0.1, 0.15) is 12.0 Å². The van der Waals surface area contributed by atoms with Crippen molar-refractivity contribution in [3.8, 4) is 0 Å². The van der Waals surface area contributed by atoms with E-state index in [2.05, 4.69) is 58.4 Å². The van der Waals surface area contributed by atoms with Gasteiger partial charge >= 0.3 is 0 Å². The first-order chi connectivity index (χ1) is 8.31. The molecule has 0 aliphatic rings. The van der Waals surface area contributed by atoms with Crippen LogP contribution in [0.4, 0.5) is 0 Å². The quantitative estimate of drug-likeness (QED) is 0.751. The molecule has 2 aromatic rings. The summed E-state index contributed by atoms with van der Waals surface area (Å²) in [6, 6.07) is 15.1. The van der Waals surface area contributed by atoms with Crippen LogP contribution in [-0.2, 0) is 11.2 Å². The first kappa shape index (κ1) is 12.6. The molecule has 17 heavy (non-hydrogen) atoms. The molecule has 90 valence electrons. The fourth-order valence-corrected chi connectivity index (χ4v) is 2.58. The van der Waals surface area contributed by atoms with Crippen molar-refractivity contribution in [2.45, 2.75) is 17.7 Å². The van der Waals surface area contributed by atoms with E-state index in [1.807, 2.05) is 0 Å². The van der Waals surface area contributed by atoms with Gasteiger partial charge in [0.1, 0.15) is 0 Å². The third-order valence-corrected chi connectivity index (χ3v) is 3.68. The number of aryl methyl sites for hydroxylation is 1. The van der Waals surface area contributed by atoms with Crippen LogP contribution in [0.15, 0.2) is 42.5 Å². The summed E-state index contributed by atoms with van der Waals surface area (Å²) in [6.45, 7) is 0.769. The molecule has 0 aliphatic carbocycles. The van der Waals surface area contributed by atoms with Crippen molar-refractivity contribution in [1.82, 2.24) is 0 Å². The molecule has 1 atom stereocenters. The lowest BCUT2D eigenvalue weighted by Crippen LogP contribution is -2.07. The molecule has 0 aliphatic heterocycles. The van der Waals surface area contributed by atoms with Crippen LogP contribution in [-0.4, -0.2) is 18.5 Å². The Labute approximate surface area is 111 Å². The zero-order valence-corrected chi connectivity index (χ0v) is 11.6. The fourth-order valence-electron chi connectivity index (χ4n) is 2.09. The van der Waals surface area contributed by atoms with Crippen molar-refractivity contribution >= 4 is 26.7 Å². The first-order valence-electron chi connectivity index (χ1n) is 5.91. The Morgan fingerprint density at radius 3 is 2.71 bits per heavy atom. The van der Waals surface area contributed by atoms with Crippen molar-refractivity contribution in [3.63, 3.8) is 0 Å². The van der Waals surface area contributed by atoms with Crippen LogP contribution in [0.5, 0.6) is 0 Å². The second-order valence-electron chi connectivity index (χ2n) is 4.23. The second-order valence-corrected chi connectivity index (χ2v) is 5.52. The maximum atomic E-state index is 5.13. The highest BCUT2D eigenvalue weighted by Gasteiger charge is 2.05. The minimum absolute atomic E-state index is 0.437. The van der Waals surface area contributed by atoms with Gasteiger partial charge in [0, 0.05) is 11.9 Å². The van der Waals surface area contributed by atoms with Gasteiger partial charge in [-0.15, -0.1) is 0 Å². The van der Waals surface area contributed by atoms with Crippen molar-refractivity contribution in [2.24, 2.45) is 0 Å². The summed E-state index contributed by atoms with van der Waals surface area (Å²) in [5.41, 5.74) is 1.42. The molecule has 0 saturated carbocycles. The average Bonchev–Trinajstić information content (AvgIpc) is 2.36. The SMILES string of the molecule is COCC(Br)CCc1cccc2ccccc12. The number of benzene rings is 2. The van der Waals surface area contributed by atoms with Gasteiger partial charge in [0.05, 0.1) is 6.61 Å². The fraction of sp³-hybridized carbons (Fsp3) is 0.333. The number of hydrogen-bond donors (Lipinski definition) is 0. The van der Waals surface area contributed by atoms with Gasteiger partial charge in [-0.05, 0) is 29.2 Å². The molecule has 2 rings (SSSR count). The van der Waals surface area contributed by atoms with Crippen molar-refractivity contribution in [3.05, 3.63) is 48.0 Å². The maximum absolute atomic E-state index is 5.13. The van der Waals surface area contributed by atoms with Gasteiger partial charge in [0.2, 0.25) is 0 Å². The summed E-state index contributed by atoms with van der Waals surface area (Å²) in [6.07, 6.45) is 2.18. The minimum Gasteiger partial charge on any atom is -0.384 e. The number of alkyl halides is 1. The lowest BCUT2D eigenvalue weighted by molar-refractivity contribution is 0.198. The highest BCUT2D eigenvalue weighted by atomic mass is 79.9. The monoisotopic (exact) mass is 292 g/mol. The standard InChI is InChI=1S/C15H17BrO/c1-17-11-14(16)10-9-13-7-4-6-12-5-2-3-8-15(12)13/h2-8,14H,9-11H2,1H3. The van der Waals surface area contributed by atoms with Crippen molar-refractivity contribution < 1.29 is 4.74 Å². The molecule has 2 aromatic carbocycles. The Morgan fingerprint density at radius 2 is 1.88 bits per heavy atom. The molecule has 0 fully saturated rings. The lowest BCUT2D eigenvalue weighted by atomic mass is 10.0. The molecular formula is C15H17BrO. The number of halogens is 1. The lowest BCUT2D eigenvalue weighted by Gasteiger charge is -2.10. The van der Waals surface area contributed by atoms with Gasteiger partial charge in [-0.25, -0.2) is 0 Å². The molecule has 0 aromatic heterocycles. The van der Waals surface area contributed by atoms with E-state index in [9.17, 15) is 0 Å². The van der Waals surface area contributed by atoms with Crippen LogP contribution in [0.25, 0.3) is 10.8 Å². The largest absolute Gasteiger partial charge is 0.384 e. The zero-order chi connectivity index (χ0) is 12.1. The van der Waals surface area contributed by atoms with Gasteiger partial charge in [-0.3, -0.25) is 0 Å². The predicted molar refractivity (Wildman–Crippen MR) is 76.9 cm³/mol. The van der Waals surface area contributed by atoms with Gasteiger partial charge < -0.3 is 4.74 Å². The van der Waals surface area contributed by atoms with Crippen molar-refractivity contribution in [2.75, 3.05) is 13.7 Å². The minimum atomic E-state index is 0.437. The molecule has 0 saturated heterocycles. The van der Waals surface area contributed by atoms with Crippen LogP contribution >= 0.6 is 15.9 Å². The summed E-state index contributed by atoms with van der Waals surface area (Å²) >= 11 is 3.63. The van der Waals surface area contributed by atoms with Gasteiger partial charge in [-0.2, -0.15) is 0 Å². The Balaban J connectivity index is 2.13. The first-order valence-corrected chi connectivity index (χ1v) is 6.82. The molecule has 0 spiro atoms. The summed E-state index contributed by atoms with van der Waals surface area (Å²) < 4.78 is 5.13. The zero-order valence-electron chi connectivity index (χ0n) is 10.0.